The van der Waals surface area contributed by atoms with Crippen LogP contribution in [0.25, 0.3) is 0 Å². The fraction of sp³-hybridized carbons (Fsp3) is 0.231. The van der Waals surface area contributed by atoms with Crippen molar-refractivity contribution in [1.82, 2.24) is 9.97 Å². The number of benzene rings is 1. The Labute approximate surface area is 106 Å². The summed E-state index contributed by atoms with van der Waals surface area (Å²) in [5.74, 6) is 1.43. The molecule has 0 spiro atoms. The smallest absolute Gasteiger partial charge is 0.134 e. The number of hydrogen-bond acceptors (Lipinski definition) is 3. The van der Waals surface area contributed by atoms with Gasteiger partial charge in [0.15, 0.2) is 0 Å². The third-order valence-corrected chi connectivity index (χ3v) is 2.72. The summed E-state index contributed by atoms with van der Waals surface area (Å²) in [5, 5.41) is 3.71. The van der Waals surface area contributed by atoms with Gasteiger partial charge in [-0.2, -0.15) is 0 Å². The van der Waals surface area contributed by atoms with Gasteiger partial charge in [-0.1, -0.05) is 35.9 Å². The van der Waals surface area contributed by atoms with Crippen molar-refractivity contribution in [3.05, 3.63) is 52.4 Å². The predicted octanol–water partition coefficient (Wildman–Crippen LogP) is 3.36. The summed E-state index contributed by atoms with van der Waals surface area (Å²) in [6.45, 7) is 4.65. The van der Waals surface area contributed by atoms with Gasteiger partial charge < -0.3 is 5.32 Å². The molecule has 0 unspecified atom stereocenters. The second-order valence-electron chi connectivity index (χ2n) is 3.90. The topological polar surface area (TPSA) is 37.8 Å². The predicted molar refractivity (Wildman–Crippen MR) is 70.3 cm³/mol. The van der Waals surface area contributed by atoms with Crippen LogP contribution in [0.2, 0.25) is 5.15 Å². The fourth-order valence-corrected chi connectivity index (χ4v) is 1.84. The number of nitrogens with one attached hydrogen (secondary N) is 1. The second kappa shape index (κ2) is 5.15. The zero-order chi connectivity index (χ0) is 12.3. The number of aromatic nitrogens is 2. The number of hydrogen-bond donors (Lipinski definition) is 1. The third-order valence-electron chi connectivity index (χ3n) is 2.53. The molecule has 0 aliphatic rings. The average Bonchev–Trinajstić information content (AvgIpc) is 2.27. The fourth-order valence-electron chi connectivity index (χ4n) is 1.62. The Kier molecular flexibility index (Phi) is 3.59. The molecule has 0 saturated carbocycles. The lowest BCUT2D eigenvalue weighted by Crippen LogP contribution is -2.04. The molecule has 1 N–H and O–H groups in total. The lowest BCUT2D eigenvalue weighted by Gasteiger charge is -2.08. The van der Waals surface area contributed by atoms with Gasteiger partial charge in [0.2, 0.25) is 0 Å². The summed E-state index contributed by atoms with van der Waals surface area (Å²) in [6, 6.07) is 9.98. The van der Waals surface area contributed by atoms with E-state index >= 15 is 0 Å². The van der Waals surface area contributed by atoms with Crippen LogP contribution in [0.3, 0.4) is 0 Å². The number of rotatable bonds is 3. The van der Waals surface area contributed by atoms with Gasteiger partial charge in [-0.25, -0.2) is 9.97 Å². The van der Waals surface area contributed by atoms with E-state index in [1.54, 1.807) is 6.07 Å². The Morgan fingerprint density at radius 3 is 2.65 bits per heavy atom. The first-order valence-corrected chi connectivity index (χ1v) is 5.82. The van der Waals surface area contributed by atoms with Crippen LogP contribution in [0, 0.1) is 13.8 Å². The van der Waals surface area contributed by atoms with Crippen LogP contribution in [-0.4, -0.2) is 9.97 Å². The molecule has 0 radical (unpaired) electrons. The molecule has 0 atom stereocenters. The average molecular weight is 248 g/mol. The number of halogens is 1. The minimum absolute atomic E-state index is 0.463. The molecule has 3 nitrogen and oxygen atoms in total. The van der Waals surface area contributed by atoms with E-state index in [4.69, 9.17) is 11.6 Å². The van der Waals surface area contributed by atoms with Crippen molar-refractivity contribution in [2.45, 2.75) is 20.4 Å². The van der Waals surface area contributed by atoms with Crippen molar-refractivity contribution in [2.75, 3.05) is 5.32 Å². The van der Waals surface area contributed by atoms with E-state index in [-0.39, 0.29) is 0 Å². The van der Waals surface area contributed by atoms with Crippen LogP contribution in [0.1, 0.15) is 17.0 Å². The van der Waals surface area contributed by atoms with Gasteiger partial charge >= 0.3 is 0 Å². The lowest BCUT2D eigenvalue weighted by molar-refractivity contribution is 1.02. The van der Waals surface area contributed by atoms with Crippen molar-refractivity contribution in [3.8, 4) is 0 Å². The van der Waals surface area contributed by atoms with Crippen LogP contribution >= 0.6 is 11.6 Å². The molecule has 2 rings (SSSR count). The highest BCUT2D eigenvalue weighted by Crippen LogP contribution is 2.13. The molecule has 0 aliphatic heterocycles. The van der Waals surface area contributed by atoms with Crippen molar-refractivity contribution in [3.63, 3.8) is 0 Å². The maximum Gasteiger partial charge on any atom is 0.134 e. The molecule has 2 aromatic rings. The summed E-state index contributed by atoms with van der Waals surface area (Å²) in [5.41, 5.74) is 2.51. The Morgan fingerprint density at radius 1 is 1.18 bits per heavy atom. The van der Waals surface area contributed by atoms with Crippen molar-refractivity contribution >= 4 is 17.4 Å². The van der Waals surface area contributed by atoms with E-state index < -0.39 is 0 Å². The molecule has 0 fully saturated rings. The van der Waals surface area contributed by atoms with Gasteiger partial charge in [-0.15, -0.1) is 0 Å². The molecular formula is C13H14ClN3. The van der Waals surface area contributed by atoms with E-state index in [0.717, 1.165) is 12.4 Å². The number of nitrogens with zero attached hydrogens (tertiary/aromatic N) is 2. The summed E-state index contributed by atoms with van der Waals surface area (Å²) in [6.07, 6.45) is 0. The quantitative estimate of drug-likeness (QED) is 0.846. The highest BCUT2D eigenvalue weighted by molar-refractivity contribution is 6.29. The zero-order valence-corrected chi connectivity index (χ0v) is 10.6. The van der Waals surface area contributed by atoms with E-state index in [2.05, 4.69) is 34.3 Å². The van der Waals surface area contributed by atoms with Crippen LogP contribution < -0.4 is 5.32 Å². The van der Waals surface area contributed by atoms with Crippen molar-refractivity contribution in [1.29, 1.82) is 0 Å². The maximum absolute atomic E-state index is 5.87. The molecule has 88 valence electrons. The SMILES string of the molecule is Cc1nc(Cl)cc(NCc2ccccc2C)n1. The van der Waals surface area contributed by atoms with E-state index in [0.29, 0.717) is 11.0 Å². The third kappa shape index (κ3) is 3.17. The molecular weight excluding hydrogens is 234 g/mol. The van der Waals surface area contributed by atoms with Gasteiger partial charge in [0, 0.05) is 12.6 Å². The molecule has 1 aromatic carbocycles. The van der Waals surface area contributed by atoms with Gasteiger partial charge in [-0.05, 0) is 25.0 Å². The molecule has 4 heteroatoms. The standard InChI is InChI=1S/C13H14ClN3/c1-9-5-3-4-6-11(9)8-15-13-7-12(14)16-10(2)17-13/h3-7H,8H2,1-2H3,(H,15,16,17). The second-order valence-corrected chi connectivity index (χ2v) is 4.29. The molecule has 0 saturated heterocycles. The van der Waals surface area contributed by atoms with Gasteiger partial charge in [0.05, 0.1) is 0 Å². The normalized spacial score (nSPS) is 10.3. The van der Waals surface area contributed by atoms with Crippen LogP contribution in [0.5, 0.6) is 0 Å². The van der Waals surface area contributed by atoms with E-state index in [1.165, 1.54) is 11.1 Å². The van der Waals surface area contributed by atoms with Crippen LogP contribution in [-0.2, 0) is 6.54 Å². The molecule has 1 aromatic heterocycles. The minimum atomic E-state index is 0.463. The number of aryl methyl sites for hydroxylation is 2. The summed E-state index contributed by atoms with van der Waals surface area (Å²) in [7, 11) is 0. The van der Waals surface area contributed by atoms with Gasteiger partial charge in [-0.3, -0.25) is 0 Å². The maximum atomic E-state index is 5.87. The number of anilines is 1. The Hall–Kier alpha value is -1.61. The van der Waals surface area contributed by atoms with E-state index in [9.17, 15) is 0 Å². The Bertz CT molecular complexity index is 506. The first-order valence-electron chi connectivity index (χ1n) is 5.45. The summed E-state index contributed by atoms with van der Waals surface area (Å²) < 4.78 is 0. The monoisotopic (exact) mass is 247 g/mol. The van der Waals surface area contributed by atoms with Crippen molar-refractivity contribution < 1.29 is 0 Å². The molecule has 0 amide bonds. The summed E-state index contributed by atoms with van der Waals surface area (Å²) in [4.78, 5) is 8.29. The first kappa shape index (κ1) is 11.9. The Morgan fingerprint density at radius 2 is 1.94 bits per heavy atom. The summed E-state index contributed by atoms with van der Waals surface area (Å²) >= 11 is 5.87. The molecule has 17 heavy (non-hydrogen) atoms. The van der Waals surface area contributed by atoms with Gasteiger partial charge in [0.1, 0.15) is 16.8 Å². The van der Waals surface area contributed by atoms with Crippen LogP contribution in [0.15, 0.2) is 30.3 Å². The molecule has 1 heterocycles. The Balaban J connectivity index is 2.10. The molecule has 0 aliphatic carbocycles. The lowest BCUT2D eigenvalue weighted by atomic mass is 10.1. The van der Waals surface area contributed by atoms with E-state index in [1.807, 2.05) is 19.1 Å². The first-order chi connectivity index (χ1) is 8.15. The zero-order valence-electron chi connectivity index (χ0n) is 9.87. The minimum Gasteiger partial charge on any atom is -0.366 e. The molecule has 0 bridgehead atoms. The van der Waals surface area contributed by atoms with Crippen LogP contribution in [0.4, 0.5) is 5.82 Å². The highest BCUT2D eigenvalue weighted by Gasteiger charge is 2.01. The largest absolute Gasteiger partial charge is 0.366 e. The van der Waals surface area contributed by atoms with Crippen molar-refractivity contribution in [2.24, 2.45) is 0 Å². The van der Waals surface area contributed by atoms with Gasteiger partial charge in [0.25, 0.3) is 0 Å². The highest BCUT2D eigenvalue weighted by atomic mass is 35.5.